The zero-order chi connectivity index (χ0) is 15.1. The van der Waals surface area contributed by atoms with Gasteiger partial charge in [-0.1, -0.05) is 12.1 Å². The molecule has 4 nitrogen and oxygen atoms in total. The van der Waals surface area contributed by atoms with Crippen molar-refractivity contribution in [1.29, 1.82) is 0 Å². The first-order chi connectivity index (χ1) is 9.14. The summed E-state index contributed by atoms with van der Waals surface area (Å²) in [6, 6.07) is 7.99. The lowest BCUT2D eigenvalue weighted by molar-refractivity contribution is -0.160. The predicted octanol–water partition coefficient (Wildman–Crippen LogP) is 2.31. The third-order valence-corrected chi connectivity index (χ3v) is 4.41. The summed E-state index contributed by atoms with van der Waals surface area (Å²) in [6.07, 6.45) is 0. The zero-order valence-electron chi connectivity index (χ0n) is 12.2. The summed E-state index contributed by atoms with van der Waals surface area (Å²) in [5, 5.41) is 2.79. The lowest BCUT2D eigenvalue weighted by Crippen LogP contribution is -2.71. The number of nitrogens with one attached hydrogen (secondary N) is 1. The fraction of sp³-hybridized carbons (Fsp3) is 0.467. The number of carbonyl (C=O) groups excluding carboxylic acids is 2. The number of benzene rings is 1. The van der Waals surface area contributed by atoms with Crippen molar-refractivity contribution in [3.8, 4) is 0 Å². The predicted molar refractivity (Wildman–Crippen MR) is 86.0 cm³/mol. The van der Waals surface area contributed by atoms with E-state index >= 15 is 0 Å². The van der Waals surface area contributed by atoms with Crippen LogP contribution in [0, 0.1) is 3.57 Å². The average molecular weight is 386 g/mol. The molecule has 0 unspecified atom stereocenters. The third kappa shape index (κ3) is 2.68. The number of rotatable bonds is 2. The summed E-state index contributed by atoms with van der Waals surface area (Å²) in [4.78, 5) is 26.5. The van der Waals surface area contributed by atoms with E-state index in [2.05, 4.69) is 27.9 Å². The highest BCUT2D eigenvalue weighted by atomic mass is 127. The Morgan fingerprint density at radius 2 is 1.65 bits per heavy atom. The fourth-order valence-electron chi connectivity index (χ4n) is 2.25. The Kier molecular flexibility index (Phi) is 3.83. The number of nitrogens with zero attached hydrogens (tertiary/aromatic N) is 1. The second kappa shape index (κ2) is 5.02. The molecule has 2 rings (SSSR count). The van der Waals surface area contributed by atoms with Crippen molar-refractivity contribution in [2.45, 2.75) is 45.3 Å². The summed E-state index contributed by atoms with van der Waals surface area (Å²) in [5.74, 6) is -0.173. The maximum absolute atomic E-state index is 12.6. The van der Waals surface area contributed by atoms with Gasteiger partial charge in [0.1, 0.15) is 11.1 Å². The summed E-state index contributed by atoms with van der Waals surface area (Å²) < 4.78 is 1.15. The molecule has 0 atom stereocenters. The molecule has 0 aliphatic carbocycles. The number of piperazine rings is 1. The monoisotopic (exact) mass is 386 g/mol. The zero-order valence-corrected chi connectivity index (χ0v) is 14.3. The quantitative estimate of drug-likeness (QED) is 0.794. The van der Waals surface area contributed by atoms with E-state index in [4.69, 9.17) is 0 Å². The number of hydrogen-bond donors (Lipinski definition) is 1. The van der Waals surface area contributed by atoms with E-state index in [0.717, 1.165) is 9.13 Å². The molecule has 1 N–H and O–H groups in total. The number of carbonyl (C=O) groups is 2. The molecule has 2 amide bonds. The molecule has 0 spiro atoms. The Bertz CT molecular complexity index is 549. The molecule has 1 heterocycles. The SMILES string of the molecule is CC1(C)NC(=O)C(C)(C)N(Cc2ccc(I)cc2)C1=O. The van der Waals surface area contributed by atoms with Crippen molar-refractivity contribution in [3.63, 3.8) is 0 Å². The van der Waals surface area contributed by atoms with Crippen molar-refractivity contribution in [2.24, 2.45) is 0 Å². The maximum atomic E-state index is 12.6. The van der Waals surface area contributed by atoms with Crippen LogP contribution in [0.15, 0.2) is 24.3 Å². The van der Waals surface area contributed by atoms with Gasteiger partial charge in [0, 0.05) is 10.1 Å². The van der Waals surface area contributed by atoms with E-state index in [1.54, 1.807) is 32.6 Å². The molecular formula is C15H19IN2O2. The fourth-order valence-corrected chi connectivity index (χ4v) is 2.61. The van der Waals surface area contributed by atoms with Gasteiger partial charge in [0.05, 0.1) is 0 Å². The molecule has 20 heavy (non-hydrogen) atoms. The Hall–Kier alpha value is -1.11. The Balaban J connectivity index is 2.33. The number of amides is 2. The summed E-state index contributed by atoms with van der Waals surface area (Å²) in [6.45, 7) is 7.48. The van der Waals surface area contributed by atoms with Gasteiger partial charge in [0.25, 0.3) is 0 Å². The molecule has 1 aromatic carbocycles. The van der Waals surface area contributed by atoms with E-state index in [1.807, 2.05) is 24.3 Å². The highest BCUT2D eigenvalue weighted by molar-refractivity contribution is 14.1. The topological polar surface area (TPSA) is 49.4 Å². The van der Waals surface area contributed by atoms with Crippen LogP contribution in [0.3, 0.4) is 0 Å². The van der Waals surface area contributed by atoms with Crippen LogP contribution in [0.4, 0.5) is 0 Å². The van der Waals surface area contributed by atoms with Gasteiger partial charge >= 0.3 is 0 Å². The van der Waals surface area contributed by atoms with Crippen molar-refractivity contribution in [3.05, 3.63) is 33.4 Å². The normalized spacial score (nSPS) is 20.8. The van der Waals surface area contributed by atoms with Crippen LogP contribution in [0.25, 0.3) is 0 Å². The van der Waals surface area contributed by atoms with Crippen LogP contribution >= 0.6 is 22.6 Å². The van der Waals surface area contributed by atoms with E-state index in [1.165, 1.54) is 0 Å². The number of hydrogen-bond acceptors (Lipinski definition) is 2. The Labute approximate surface area is 133 Å². The second-order valence-corrected chi connectivity index (χ2v) is 7.40. The Morgan fingerprint density at radius 3 is 2.20 bits per heavy atom. The highest BCUT2D eigenvalue weighted by Crippen LogP contribution is 2.27. The van der Waals surface area contributed by atoms with Gasteiger partial charge in [-0.15, -0.1) is 0 Å². The van der Waals surface area contributed by atoms with Crippen LogP contribution in [0.1, 0.15) is 33.3 Å². The van der Waals surface area contributed by atoms with Crippen molar-refractivity contribution < 1.29 is 9.59 Å². The van der Waals surface area contributed by atoms with Crippen LogP contribution in [0.5, 0.6) is 0 Å². The van der Waals surface area contributed by atoms with Gasteiger partial charge in [-0.3, -0.25) is 9.59 Å². The van der Waals surface area contributed by atoms with Crippen LogP contribution in [-0.2, 0) is 16.1 Å². The van der Waals surface area contributed by atoms with Gasteiger partial charge < -0.3 is 10.2 Å². The molecule has 1 aliphatic rings. The lowest BCUT2D eigenvalue weighted by Gasteiger charge is -2.47. The van der Waals surface area contributed by atoms with Gasteiger partial charge in [0.15, 0.2) is 0 Å². The maximum Gasteiger partial charge on any atom is 0.248 e. The first-order valence-electron chi connectivity index (χ1n) is 6.54. The summed E-state index contributed by atoms with van der Waals surface area (Å²) in [7, 11) is 0. The second-order valence-electron chi connectivity index (χ2n) is 6.16. The first-order valence-corrected chi connectivity index (χ1v) is 7.61. The molecule has 1 fully saturated rings. The molecule has 0 saturated carbocycles. The van der Waals surface area contributed by atoms with Crippen molar-refractivity contribution in [2.75, 3.05) is 0 Å². The summed E-state index contributed by atoms with van der Waals surface area (Å²) in [5.41, 5.74) is -0.664. The van der Waals surface area contributed by atoms with Crippen molar-refractivity contribution in [1.82, 2.24) is 10.2 Å². The van der Waals surface area contributed by atoms with Crippen LogP contribution in [0.2, 0.25) is 0 Å². The lowest BCUT2D eigenvalue weighted by atomic mass is 9.89. The largest absolute Gasteiger partial charge is 0.340 e. The molecule has 0 bridgehead atoms. The van der Waals surface area contributed by atoms with Gasteiger partial charge in [0.2, 0.25) is 11.8 Å². The van der Waals surface area contributed by atoms with E-state index in [9.17, 15) is 9.59 Å². The number of halogens is 1. The van der Waals surface area contributed by atoms with Gasteiger partial charge in [-0.25, -0.2) is 0 Å². The standard InChI is InChI=1S/C15H19IN2O2/c1-14(2)13(20)18(15(3,4)12(19)17-14)9-10-5-7-11(16)8-6-10/h5-8H,9H2,1-4H3,(H,17,19). The van der Waals surface area contributed by atoms with E-state index in [0.29, 0.717) is 6.54 Å². The molecule has 0 radical (unpaired) electrons. The molecule has 1 aliphatic heterocycles. The van der Waals surface area contributed by atoms with Crippen LogP contribution in [-0.4, -0.2) is 27.8 Å². The van der Waals surface area contributed by atoms with Gasteiger partial charge in [-0.2, -0.15) is 0 Å². The van der Waals surface area contributed by atoms with Crippen LogP contribution < -0.4 is 5.32 Å². The molecule has 5 heteroatoms. The molecule has 1 aromatic rings. The molecule has 108 valence electrons. The molecular weight excluding hydrogens is 367 g/mol. The smallest absolute Gasteiger partial charge is 0.248 e. The van der Waals surface area contributed by atoms with Crippen molar-refractivity contribution >= 4 is 34.4 Å². The molecule has 1 saturated heterocycles. The minimum atomic E-state index is -0.851. The van der Waals surface area contributed by atoms with E-state index in [-0.39, 0.29) is 11.8 Å². The average Bonchev–Trinajstić information content (AvgIpc) is 2.35. The first kappa shape index (κ1) is 15.3. The summed E-state index contributed by atoms with van der Waals surface area (Å²) >= 11 is 2.24. The van der Waals surface area contributed by atoms with Gasteiger partial charge in [-0.05, 0) is 68.0 Å². The Morgan fingerprint density at radius 1 is 1.10 bits per heavy atom. The third-order valence-electron chi connectivity index (χ3n) is 3.69. The minimum absolute atomic E-state index is 0.0550. The minimum Gasteiger partial charge on any atom is -0.340 e. The highest BCUT2D eigenvalue weighted by Gasteiger charge is 2.49. The molecule has 0 aromatic heterocycles. The van der Waals surface area contributed by atoms with E-state index < -0.39 is 11.1 Å².